The van der Waals surface area contributed by atoms with E-state index in [0.29, 0.717) is 5.92 Å². The molecule has 0 spiro atoms. The van der Waals surface area contributed by atoms with E-state index in [2.05, 4.69) is 6.92 Å². The van der Waals surface area contributed by atoms with Crippen molar-refractivity contribution in [3.63, 3.8) is 0 Å². The molecule has 1 fully saturated rings. The lowest BCUT2D eigenvalue weighted by atomic mass is 9.84. The van der Waals surface area contributed by atoms with E-state index in [4.69, 9.17) is 5.41 Å². The minimum absolute atomic E-state index is 0.658. The summed E-state index contributed by atoms with van der Waals surface area (Å²) in [6.07, 6.45) is 10.3. The van der Waals surface area contributed by atoms with E-state index in [-0.39, 0.29) is 0 Å². The van der Waals surface area contributed by atoms with Gasteiger partial charge in [-0.3, -0.25) is 0 Å². The molecule has 1 aliphatic carbocycles. The average molecular weight is 167 g/mol. The van der Waals surface area contributed by atoms with E-state index >= 15 is 0 Å². The van der Waals surface area contributed by atoms with Crippen molar-refractivity contribution in [2.75, 3.05) is 0 Å². The quantitative estimate of drug-likeness (QED) is 0.616. The first-order valence-electron chi connectivity index (χ1n) is 5.42. The minimum Gasteiger partial charge on any atom is -0.309 e. The Morgan fingerprint density at radius 1 is 1.33 bits per heavy atom. The standard InChI is InChI=1S/C11H21N/c1-2-3-4-7-10-8-5-6-9-11(10)12/h10,12H,2-9H2,1H3. The van der Waals surface area contributed by atoms with Crippen LogP contribution < -0.4 is 0 Å². The van der Waals surface area contributed by atoms with Crippen LogP contribution in [0.3, 0.4) is 0 Å². The largest absolute Gasteiger partial charge is 0.309 e. The van der Waals surface area contributed by atoms with Crippen molar-refractivity contribution in [3.8, 4) is 0 Å². The third-order valence-corrected chi connectivity index (χ3v) is 2.90. The van der Waals surface area contributed by atoms with E-state index in [1.54, 1.807) is 0 Å². The third-order valence-electron chi connectivity index (χ3n) is 2.90. The molecule has 0 heterocycles. The van der Waals surface area contributed by atoms with Gasteiger partial charge in [-0.25, -0.2) is 0 Å². The third kappa shape index (κ3) is 2.96. The van der Waals surface area contributed by atoms with Crippen LogP contribution in [0.15, 0.2) is 0 Å². The normalized spacial score (nSPS) is 24.4. The first kappa shape index (κ1) is 9.76. The lowest BCUT2D eigenvalue weighted by Gasteiger charge is -2.22. The molecule has 0 amide bonds. The lowest BCUT2D eigenvalue weighted by molar-refractivity contribution is 0.472. The molecule has 0 aromatic heterocycles. The first-order valence-corrected chi connectivity index (χ1v) is 5.42. The van der Waals surface area contributed by atoms with E-state index in [1.165, 1.54) is 44.9 Å². The highest BCUT2D eigenvalue weighted by molar-refractivity contribution is 5.84. The molecule has 0 bridgehead atoms. The maximum absolute atomic E-state index is 7.78. The Morgan fingerprint density at radius 3 is 2.83 bits per heavy atom. The van der Waals surface area contributed by atoms with Crippen LogP contribution in [0.4, 0.5) is 0 Å². The highest BCUT2D eigenvalue weighted by Gasteiger charge is 2.17. The zero-order valence-electron chi connectivity index (χ0n) is 8.23. The molecule has 1 nitrogen and oxygen atoms in total. The summed E-state index contributed by atoms with van der Waals surface area (Å²) in [4.78, 5) is 0. The van der Waals surface area contributed by atoms with Crippen molar-refractivity contribution < 1.29 is 0 Å². The van der Waals surface area contributed by atoms with Crippen molar-refractivity contribution in [1.29, 1.82) is 5.41 Å². The zero-order chi connectivity index (χ0) is 8.81. The molecule has 0 radical (unpaired) electrons. The molecule has 70 valence electrons. The molecule has 1 aliphatic rings. The van der Waals surface area contributed by atoms with Crippen LogP contribution in [0.5, 0.6) is 0 Å². The molecular formula is C11H21N. The van der Waals surface area contributed by atoms with Crippen LogP contribution in [-0.4, -0.2) is 5.71 Å². The summed E-state index contributed by atoms with van der Waals surface area (Å²) >= 11 is 0. The number of nitrogens with one attached hydrogen (secondary N) is 1. The Balaban J connectivity index is 2.16. The predicted molar refractivity (Wildman–Crippen MR) is 53.8 cm³/mol. The van der Waals surface area contributed by atoms with Gasteiger partial charge >= 0.3 is 0 Å². The summed E-state index contributed by atoms with van der Waals surface area (Å²) in [5.41, 5.74) is 1.04. The van der Waals surface area contributed by atoms with Gasteiger partial charge in [-0.1, -0.05) is 32.6 Å². The van der Waals surface area contributed by atoms with Crippen LogP contribution in [0.1, 0.15) is 58.3 Å². The fourth-order valence-electron chi connectivity index (χ4n) is 2.04. The molecule has 1 N–H and O–H groups in total. The fraction of sp³-hybridized carbons (Fsp3) is 0.909. The van der Waals surface area contributed by atoms with Gasteiger partial charge in [0.05, 0.1) is 0 Å². The Bertz CT molecular complexity index is 140. The Morgan fingerprint density at radius 2 is 2.17 bits per heavy atom. The summed E-state index contributed by atoms with van der Waals surface area (Å²) in [5, 5.41) is 7.78. The lowest BCUT2D eigenvalue weighted by Crippen LogP contribution is -2.17. The monoisotopic (exact) mass is 167 g/mol. The predicted octanol–water partition coefficient (Wildman–Crippen LogP) is 3.78. The number of hydrogen-bond acceptors (Lipinski definition) is 1. The van der Waals surface area contributed by atoms with Gasteiger partial charge in [-0.2, -0.15) is 0 Å². The average Bonchev–Trinajstić information content (AvgIpc) is 2.09. The molecular weight excluding hydrogens is 146 g/mol. The molecule has 1 saturated carbocycles. The molecule has 0 saturated heterocycles. The van der Waals surface area contributed by atoms with Gasteiger partial charge in [0.2, 0.25) is 0 Å². The second-order valence-corrected chi connectivity index (χ2v) is 3.96. The number of hydrogen-bond donors (Lipinski definition) is 1. The number of rotatable bonds is 4. The highest BCUT2D eigenvalue weighted by Crippen LogP contribution is 2.25. The molecule has 1 atom stereocenters. The summed E-state index contributed by atoms with van der Waals surface area (Å²) in [5.74, 6) is 0.658. The van der Waals surface area contributed by atoms with Crippen LogP contribution in [0, 0.1) is 11.3 Å². The van der Waals surface area contributed by atoms with Gasteiger partial charge in [0.15, 0.2) is 0 Å². The van der Waals surface area contributed by atoms with Crippen molar-refractivity contribution in [1.82, 2.24) is 0 Å². The molecule has 0 aromatic rings. The SMILES string of the molecule is CCCCCC1CCCCC1=N. The van der Waals surface area contributed by atoms with Crippen LogP contribution in [-0.2, 0) is 0 Å². The Labute approximate surface area is 76.1 Å². The summed E-state index contributed by atoms with van der Waals surface area (Å²) in [6, 6.07) is 0. The van der Waals surface area contributed by atoms with Crippen molar-refractivity contribution >= 4 is 5.71 Å². The minimum atomic E-state index is 0.658. The molecule has 0 aliphatic heterocycles. The molecule has 12 heavy (non-hydrogen) atoms. The maximum atomic E-state index is 7.78. The van der Waals surface area contributed by atoms with Gasteiger partial charge in [-0.15, -0.1) is 0 Å². The van der Waals surface area contributed by atoms with Crippen LogP contribution in [0.25, 0.3) is 0 Å². The van der Waals surface area contributed by atoms with Gasteiger partial charge in [0, 0.05) is 5.71 Å². The zero-order valence-corrected chi connectivity index (χ0v) is 8.23. The first-order chi connectivity index (χ1) is 5.84. The van der Waals surface area contributed by atoms with Crippen LogP contribution >= 0.6 is 0 Å². The smallest absolute Gasteiger partial charge is 0.0120 e. The van der Waals surface area contributed by atoms with Crippen molar-refractivity contribution in [3.05, 3.63) is 0 Å². The van der Waals surface area contributed by atoms with E-state index < -0.39 is 0 Å². The van der Waals surface area contributed by atoms with E-state index in [1.807, 2.05) is 0 Å². The summed E-state index contributed by atoms with van der Waals surface area (Å²) in [6.45, 7) is 2.24. The second kappa shape index (κ2) is 5.34. The van der Waals surface area contributed by atoms with E-state index in [0.717, 1.165) is 12.1 Å². The van der Waals surface area contributed by atoms with Crippen molar-refractivity contribution in [2.45, 2.75) is 58.3 Å². The fourth-order valence-corrected chi connectivity index (χ4v) is 2.04. The molecule has 0 aromatic carbocycles. The molecule has 1 rings (SSSR count). The van der Waals surface area contributed by atoms with E-state index in [9.17, 15) is 0 Å². The van der Waals surface area contributed by atoms with Gasteiger partial charge in [0.25, 0.3) is 0 Å². The second-order valence-electron chi connectivity index (χ2n) is 3.96. The molecule has 1 heteroatoms. The van der Waals surface area contributed by atoms with Gasteiger partial charge < -0.3 is 5.41 Å². The van der Waals surface area contributed by atoms with Crippen LogP contribution in [0.2, 0.25) is 0 Å². The molecule has 1 unspecified atom stereocenters. The summed E-state index contributed by atoms with van der Waals surface area (Å²) in [7, 11) is 0. The maximum Gasteiger partial charge on any atom is 0.0120 e. The summed E-state index contributed by atoms with van der Waals surface area (Å²) < 4.78 is 0. The van der Waals surface area contributed by atoms with Gasteiger partial charge in [0.1, 0.15) is 0 Å². The topological polar surface area (TPSA) is 23.9 Å². The highest BCUT2D eigenvalue weighted by atomic mass is 14.5. The Hall–Kier alpha value is -0.330. The van der Waals surface area contributed by atoms with Gasteiger partial charge in [-0.05, 0) is 31.6 Å². The van der Waals surface area contributed by atoms with Crippen molar-refractivity contribution in [2.24, 2.45) is 5.92 Å². The Kier molecular flexibility index (Phi) is 4.34. The number of unbranched alkanes of at least 4 members (excludes halogenated alkanes) is 2.